The van der Waals surface area contributed by atoms with E-state index in [-0.39, 0.29) is 18.0 Å². The number of aryl methyl sites for hydroxylation is 1. The molecule has 5 nitrogen and oxygen atoms in total. The largest absolute Gasteiger partial charge is 0.366 e. The fraction of sp³-hybridized carbons (Fsp3) is 0.222. The Bertz CT molecular complexity index is 871. The third-order valence-electron chi connectivity index (χ3n) is 4.52. The van der Waals surface area contributed by atoms with Gasteiger partial charge in [-0.2, -0.15) is 4.98 Å². The number of nitrogen functional groups attached to an aromatic ring is 1. The van der Waals surface area contributed by atoms with Gasteiger partial charge in [-0.1, -0.05) is 48.0 Å². The van der Waals surface area contributed by atoms with Crippen LogP contribution < -0.4 is 11.1 Å². The van der Waals surface area contributed by atoms with E-state index in [2.05, 4.69) is 40.5 Å². The number of anilines is 2. The summed E-state index contributed by atoms with van der Waals surface area (Å²) < 4.78 is 1.89. The van der Waals surface area contributed by atoms with Gasteiger partial charge in [0.15, 0.2) is 0 Å². The van der Waals surface area contributed by atoms with Crippen LogP contribution in [0.3, 0.4) is 0 Å². The molecule has 1 aromatic heterocycles. The number of aromatic nitrogens is 3. The molecule has 3 aromatic rings. The van der Waals surface area contributed by atoms with Crippen LogP contribution in [-0.4, -0.2) is 14.8 Å². The van der Waals surface area contributed by atoms with E-state index in [1.807, 2.05) is 35.0 Å². The Labute approximate surface area is 145 Å². The highest BCUT2D eigenvalue weighted by Crippen LogP contribution is 2.39. The fourth-order valence-corrected chi connectivity index (χ4v) is 3.45. The first-order valence-electron chi connectivity index (χ1n) is 7.91. The van der Waals surface area contributed by atoms with Crippen molar-refractivity contribution >= 4 is 23.5 Å². The summed E-state index contributed by atoms with van der Waals surface area (Å²) in [6.45, 7) is 2.12. The van der Waals surface area contributed by atoms with Gasteiger partial charge in [-0.05, 0) is 42.2 Å². The molecular formula is C18H18ClN5. The van der Waals surface area contributed by atoms with E-state index in [0.717, 1.165) is 11.4 Å². The molecule has 0 saturated carbocycles. The second-order valence-corrected chi connectivity index (χ2v) is 6.53. The molecule has 6 heteroatoms. The van der Waals surface area contributed by atoms with E-state index < -0.39 is 0 Å². The minimum Gasteiger partial charge on any atom is -0.366 e. The number of hydrogen-bond donors (Lipinski definition) is 2. The van der Waals surface area contributed by atoms with Crippen molar-refractivity contribution in [1.29, 1.82) is 0 Å². The van der Waals surface area contributed by atoms with Gasteiger partial charge in [-0.3, -0.25) is 0 Å². The normalized spacial score (nSPS) is 19.6. The second kappa shape index (κ2) is 5.83. The Morgan fingerprint density at radius 3 is 2.67 bits per heavy atom. The van der Waals surface area contributed by atoms with Crippen molar-refractivity contribution in [2.75, 3.05) is 11.1 Å². The maximum absolute atomic E-state index is 6.02. The fourth-order valence-electron chi connectivity index (χ4n) is 3.33. The highest BCUT2D eigenvalue weighted by Gasteiger charge is 2.31. The number of nitrogens with two attached hydrogens (primary N) is 1. The number of halogens is 1. The minimum atomic E-state index is 0.0907. The maximum Gasteiger partial charge on any atom is 0.241 e. The van der Waals surface area contributed by atoms with E-state index in [4.69, 9.17) is 17.3 Å². The van der Waals surface area contributed by atoms with Gasteiger partial charge in [0.05, 0.1) is 12.1 Å². The standard InChI is InChI=1S/C18H18ClN5/c1-11-4-2-3-5-14(11)16-10-15(12-6-8-13(19)9-7-12)21-18-22-17(20)23-24(16)18/h2-9,15-16H,10H2,1H3,(H3,20,21,22,23). The number of hydrogen-bond acceptors (Lipinski definition) is 4. The topological polar surface area (TPSA) is 68.8 Å². The summed E-state index contributed by atoms with van der Waals surface area (Å²) in [4.78, 5) is 4.34. The number of rotatable bonds is 2. The van der Waals surface area contributed by atoms with Crippen LogP contribution in [0.1, 0.15) is 35.2 Å². The van der Waals surface area contributed by atoms with Gasteiger partial charge in [0.2, 0.25) is 11.9 Å². The van der Waals surface area contributed by atoms with E-state index >= 15 is 0 Å². The average Bonchev–Trinajstić information content (AvgIpc) is 2.95. The summed E-state index contributed by atoms with van der Waals surface area (Å²) >= 11 is 6.02. The molecule has 1 aliphatic rings. The third-order valence-corrected chi connectivity index (χ3v) is 4.78. The van der Waals surface area contributed by atoms with Crippen molar-refractivity contribution < 1.29 is 0 Å². The molecule has 0 fully saturated rings. The van der Waals surface area contributed by atoms with E-state index in [0.29, 0.717) is 5.95 Å². The predicted molar refractivity (Wildman–Crippen MR) is 96.2 cm³/mol. The average molecular weight is 340 g/mol. The van der Waals surface area contributed by atoms with Gasteiger partial charge in [0, 0.05) is 5.02 Å². The van der Waals surface area contributed by atoms with Crippen molar-refractivity contribution in [3.8, 4) is 0 Å². The van der Waals surface area contributed by atoms with Gasteiger partial charge >= 0.3 is 0 Å². The lowest BCUT2D eigenvalue weighted by Crippen LogP contribution is -2.28. The Balaban J connectivity index is 1.78. The quantitative estimate of drug-likeness (QED) is 0.741. The summed E-state index contributed by atoms with van der Waals surface area (Å²) in [7, 11) is 0. The molecular weight excluding hydrogens is 322 g/mol. The van der Waals surface area contributed by atoms with Gasteiger partial charge in [0.25, 0.3) is 0 Å². The van der Waals surface area contributed by atoms with Crippen LogP contribution >= 0.6 is 11.6 Å². The molecule has 3 N–H and O–H groups in total. The van der Waals surface area contributed by atoms with Gasteiger partial charge in [-0.15, -0.1) is 5.10 Å². The molecule has 1 aliphatic heterocycles. The molecule has 0 amide bonds. The minimum absolute atomic E-state index is 0.0907. The Morgan fingerprint density at radius 1 is 1.17 bits per heavy atom. The van der Waals surface area contributed by atoms with Crippen LogP contribution in [0.15, 0.2) is 48.5 Å². The molecule has 4 rings (SSSR count). The molecule has 122 valence electrons. The molecule has 24 heavy (non-hydrogen) atoms. The zero-order valence-corrected chi connectivity index (χ0v) is 14.0. The number of fused-ring (bicyclic) bond motifs is 1. The predicted octanol–water partition coefficient (Wildman–Crippen LogP) is 3.97. The zero-order valence-electron chi connectivity index (χ0n) is 13.3. The first kappa shape index (κ1) is 15.0. The molecule has 0 spiro atoms. The molecule has 2 aromatic carbocycles. The van der Waals surface area contributed by atoms with Gasteiger partial charge in [0.1, 0.15) is 0 Å². The smallest absolute Gasteiger partial charge is 0.241 e. The lowest BCUT2D eigenvalue weighted by molar-refractivity contribution is 0.430. The second-order valence-electron chi connectivity index (χ2n) is 6.09. The first-order valence-corrected chi connectivity index (χ1v) is 8.29. The Hall–Kier alpha value is -2.53. The van der Waals surface area contributed by atoms with E-state index in [1.165, 1.54) is 16.7 Å². The van der Waals surface area contributed by atoms with Gasteiger partial charge in [-0.25, -0.2) is 4.68 Å². The zero-order chi connectivity index (χ0) is 16.7. The summed E-state index contributed by atoms with van der Waals surface area (Å²) in [5, 5.41) is 8.56. The molecule has 2 atom stereocenters. The monoisotopic (exact) mass is 339 g/mol. The van der Waals surface area contributed by atoms with E-state index in [1.54, 1.807) is 0 Å². The molecule has 0 radical (unpaired) electrons. The molecule has 0 bridgehead atoms. The maximum atomic E-state index is 6.02. The summed E-state index contributed by atoms with van der Waals surface area (Å²) in [6, 6.07) is 16.5. The van der Waals surface area contributed by atoms with Gasteiger partial charge < -0.3 is 11.1 Å². The number of benzene rings is 2. The molecule has 0 saturated heterocycles. The van der Waals surface area contributed by atoms with Crippen LogP contribution in [0, 0.1) is 6.92 Å². The summed E-state index contributed by atoms with van der Waals surface area (Å²) in [5.74, 6) is 0.986. The number of nitrogens with zero attached hydrogens (tertiary/aromatic N) is 3. The van der Waals surface area contributed by atoms with Crippen molar-refractivity contribution in [3.05, 3.63) is 70.2 Å². The molecule has 2 unspecified atom stereocenters. The van der Waals surface area contributed by atoms with Crippen molar-refractivity contribution in [3.63, 3.8) is 0 Å². The summed E-state index contributed by atoms with van der Waals surface area (Å²) in [5.41, 5.74) is 9.49. The van der Waals surface area contributed by atoms with Crippen LogP contribution in [-0.2, 0) is 0 Å². The van der Waals surface area contributed by atoms with Crippen molar-refractivity contribution in [1.82, 2.24) is 14.8 Å². The highest BCUT2D eigenvalue weighted by atomic mass is 35.5. The Kier molecular flexibility index (Phi) is 3.65. The van der Waals surface area contributed by atoms with E-state index in [9.17, 15) is 0 Å². The lowest BCUT2D eigenvalue weighted by atomic mass is 9.91. The molecule has 0 aliphatic carbocycles. The SMILES string of the molecule is Cc1ccccc1C1CC(c2ccc(Cl)cc2)Nc2nc(N)nn21. The van der Waals surface area contributed by atoms with Crippen molar-refractivity contribution in [2.24, 2.45) is 0 Å². The van der Waals surface area contributed by atoms with Crippen molar-refractivity contribution in [2.45, 2.75) is 25.4 Å². The first-order chi connectivity index (χ1) is 11.6. The van der Waals surface area contributed by atoms with Crippen LogP contribution in [0.5, 0.6) is 0 Å². The van der Waals surface area contributed by atoms with Crippen LogP contribution in [0.25, 0.3) is 0 Å². The summed E-state index contributed by atoms with van der Waals surface area (Å²) in [6.07, 6.45) is 0.863. The lowest BCUT2D eigenvalue weighted by Gasteiger charge is -2.32. The molecule has 2 heterocycles. The Morgan fingerprint density at radius 2 is 1.92 bits per heavy atom. The highest BCUT2D eigenvalue weighted by molar-refractivity contribution is 6.30. The third kappa shape index (κ3) is 2.61. The number of nitrogens with one attached hydrogen (secondary N) is 1. The van der Waals surface area contributed by atoms with Crippen LogP contribution in [0.2, 0.25) is 5.02 Å². The van der Waals surface area contributed by atoms with Crippen LogP contribution in [0.4, 0.5) is 11.9 Å².